The highest BCUT2D eigenvalue weighted by Gasteiger charge is 2.53. The Hall–Kier alpha value is -1.90. The molecule has 0 saturated carbocycles. The van der Waals surface area contributed by atoms with Crippen LogP contribution in [0.15, 0.2) is 35.3 Å². The minimum Gasteiger partial charge on any atom is -0.387 e. The molecular weight excluding hydrogens is 351 g/mol. The van der Waals surface area contributed by atoms with E-state index in [0.29, 0.717) is 5.75 Å². The van der Waals surface area contributed by atoms with Crippen molar-refractivity contribution in [1.82, 2.24) is 0 Å². The SMILES string of the molecule is CC1(O)C(N=CCC(N)=O)OC(CO[P+](=O)Oc2ccccc2)C1O. The van der Waals surface area contributed by atoms with Crippen molar-refractivity contribution >= 4 is 20.4 Å². The third kappa shape index (κ3) is 5.29. The number of amides is 1. The number of hydrogen-bond donors (Lipinski definition) is 3. The van der Waals surface area contributed by atoms with E-state index < -0.39 is 38.2 Å². The minimum atomic E-state index is -2.48. The molecule has 0 aromatic heterocycles. The van der Waals surface area contributed by atoms with Crippen molar-refractivity contribution in [1.29, 1.82) is 0 Å². The van der Waals surface area contributed by atoms with Gasteiger partial charge in [-0.15, -0.1) is 4.52 Å². The van der Waals surface area contributed by atoms with E-state index in [9.17, 15) is 19.6 Å². The Bertz CT molecular complexity index is 638. The molecule has 1 aromatic carbocycles. The third-order valence-electron chi connectivity index (χ3n) is 3.56. The molecule has 5 atom stereocenters. The minimum absolute atomic E-state index is 0.121. The van der Waals surface area contributed by atoms with Crippen molar-refractivity contribution < 1.29 is 33.4 Å². The molecular formula is C15H20N2O7P+. The summed E-state index contributed by atoms with van der Waals surface area (Å²) >= 11 is 0. The van der Waals surface area contributed by atoms with Crippen LogP contribution < -0.4 is 10.3 Å². The number of carbonyl (C=O) groups is 1. The highest BCUT2D eigenvalue weighted by Crippen LogP contribution is 2.34. The second-order valence-electron chi connectivity index (χ2n) is 5.62. The number of hydrogen-bond acceptors (Lipinski definition) is 8. The lowest BCUT2D eigenvalue weighted by Gasteiger charge is -2.23. The molecule has 4 N–H and O–H groups in total. The fraction of sp³-hybridized carbons (Fsp3) is 0.467. The zero-order chi connectivity index (χ0) is 18.4. The van der Waals surface area contributed by atoms with E-state index >= 15 is 0 Å². The number of aliphatic hydroxyl groups excluding tert-OH is 1. The quantitative estimate of drug-likeness (QED) is 0.447. The topological polar surface area (TPSA) is 141 Å². The molecule has 1 amide bonds. The zero-order valence-electron chi connectivity index (χ0n) is 13.5. The van der Waals surface area contributed by atoms with E-state index in [2.05, 4.69) is 4.99 Å². The van der Waals surface area contributed by atoms with Crippen LogP contribution in [0.5, 0.6) is 5.75 Å². The fourth-order valence-electron chi connectivity index (χ4n) is 2.18. The van der Waals surface area contributed by atoms with E-state index in [4.69, 9.17) is 19.5 Å². The monoisotopic (exact) mass is 371 g/mol. The largest absolute Gasteiger partial charge is 0.750 e. The van der Waals surface area contributed by atoms with Gasteiger partial charge in [0.15, 0.2) is 12.0 Å². The van der Waals surface area contributed by atoms with Gasteiger partial charge < -0.3 is 20.7 Å². The van der Waals surface area contributed by atoms with Crippen LogP contribution >= 0.6 is 8.25 Å². The van der Waals surface area contributed by atoms with Gasteiger partial charge in [0.2, 0.25) is 5.91 Å². The van der Waals surface area contributed by atoms with Gasteiger partial charge in [-0.25, -0.2) is 4.52 Å². The van der Waals surface area contributed by atoms with Crippen molar-refractivity contribution in [2.24, 2.45) is 10.7 Å². The highest BCUT2D eigenvalue weighted by molar-refractivity contribution is 7.33. The van der Waals surface area contributed by atoms with Crippen molar-refractivity contribution in [3.8, 4) is 5.75 Å². The van der Waals surface area contributed by atoms with E-state index in [0.717, 1.165) is 0 Å². The van der Waals surface area contributed by atoms with Gasteiger partial charge in [-0.3, -0.25) is 9.79 Å². The second-order valence-corrected chi connectivity index (χ2v) is 6.51. The number of nitrogens with two attached hydrogens (primary N) is 1. The van der Waals surface area contributed by atoms with Crippen molar-refractivity contribution in [3.05, 3.63) is 30.3 Å². The number of rotatable bonds is 8. The first kappa shape index (κ1) is 19.4. The van der Waals surface area contributed by atoms with E-state index in [1.807, 2.05) is 0 Å². The Morgan fingerprint density at radius 3 is 2.80 bits per heavy atom. The highest BCUT2D eigenvalue weighted by atomic mass is 31.1. The molecule has 0 aliphatic carbocycles. The molecule has 1 fully saturated rings. The summed E-state index contributed by atoms with van der Waals surface area (Å²) in [6.07, 6.45) is -2.32. The first-order valence-corrected chi connectivity index (χ1v) is 8.59. The molecule has 136 valence electrons. The van der Waals surface area contributed by atoms with Gasteiger partial charge in [0.1, 0.15) is 24.4 Å². The smallest absolute Gasteiger partial charge is 0.387 e. The summed E-state index contributed by atoms with van der Waals surface area (Å²) in [5.74, 6) is -0.214. The van der Waals surface area contributed by atoms with Crippen LogP contribution in [-0.2, 0) is 18.6 Å². The Morgan fingerprint density at radius 1 is 1.48 bits per heavy atom. The maximum absolute atomic E-state index is 11.8. The average Bonchev–Trinajstić information content (AvgIpc) is 2.77. The van der Waals surface area contributed by atoms with Crippen LogP contribution in [0, 0.1) is 0 Å². The third-order valence-corrected chi connectivity index (χ3v) is 4.28. The van der Waals surface area contributed by atoms with Gasteiger partial charge in [0.05, 0.1) is 6.42 Å². The van der Waals surface area contributed by atoms with Gasteiger partial charge in [0, 0.05) is 10.8 Å². The van der Waals surface area contributed by atoms with Crippen LogP contribution in [-0.4, -0.2) is 53.0 Å². The lowest BCUT2D eigenvalue weighted by Crippen LogP contribution is -2.45. The second kappa shape index (κ2) is 8.46. The number of carbonyl (C=O) groups excluding carboxylic acids is 1. The molecule has 25 heavy (non-hydrogen) atoms. The molecule has 1 saturated heterocycles. The van der Waals surface area contributed by atoms with E-state index in [1.54, 1.807) is 30.3 Å². The Balaban J connectivity index is 1.88. The Kier molecular flexibility index (Phi) is 6.57. The number of aliphatic hydroxyl groups is 2. The maximum Gasteiger partial charge on any atom is 0.750 e. The Labute approximate surface area is 145 Å². The predicted octanol–water partition coefficient (Wildman–Crippen LogP) is 0.522. The molecule has 0 spiro atoms. The predicted molar refractivity (Wildman–Crippen MR) is 88.2 cm³/mol. The summed E-state index contributed by atoms with van der Waals surface area (Å²) < 4.78 is 27.3. The van der Waals surface area contributed by atoms with Crippen LogP contribution in [0.3, 0.4) is 0 Å². The lowest BCUT2D eigenvalue weighted by molar-refractivity contribution is -0.116. The van der Waals surface area contributed by atoms with Crippen LogP contribution in [0.4, 0.5) is 0 Å². The average molecular weight is 371 g/mol. The molecule has 10 heteroatoms. The standard InChI is InChI=1S/C15H19N2O7P/c1-15(20)13(19)11(23-14(15)17-8-7-12(16)18)9-22-25(21)24-10-5-3-2-4-6-10/h2-6,8,11,13-14,19-20H,7,9H2,1H3,(H-,16,18)/p+1. The van der Waals surface area contributed by atoms with Gasteiger partial charge >= 0.3 is 8.25 Å². The number of primary amides is 1. The number of para-hydroxylation sites is 1. The fourth-order valence-corrected chi connectivity index (χ4v) is 2.80. The van der Waals surface area contributed by atoms with E-state index in [-0.39, 0.29) is 13.0 Å². The van der Waals surface area contributed by atoms with Crippen molar-refractivity contribution in [2.75, 3.05) is 6.61 Å². The van der Waals surface area contributed by atoms with Crippen LogP contribution in [0.25, 0.3) is 0 Å². The van der Waals surface area contributed by atoms with Crippen molar-refractivity contribution in [3.63, 3.8) is 0 Å². The molecule has 2 rings (SSSR count). The van der Waals surface area contributed by atoms with Crippen molar-refractivity contribution in [2.45, 2.75) is 37.4 Å². The molecule has 5 unspecified atom stereocenters. The molecule has 9 nitrogen and oxygen atoms in total. The number of benzene rings is 1. The first-order chi connectivity index (χ1) is 11.8. The summed E-state index contributed by atoms with van der Waals surface area (Å²) in [6, 6.07) is 8.45. The number of ether oxygens (including phenoxy) is 1. The molecule has 0 bridgehead atoms. The van der Waals surface area contributed by atoms with Gasteiger partial charge in [-0.2, -0.15) is 0 Å². The molecule has 1 aromatic rings. The molecule has 0 radical (unpaired) electrons. The Morgan fingerprint density at radius 2 is 2.16 bits per heavy atom. The molecule has 1 aliphatic rings. The lowest BCUT2D eigenvalue weighted by atomic mass is 9.97. The summed E-state index contributed by atoms with van der Waals surface area (Å²) in [5.41, 5.74) is 3.29. The molecule has 1 heterocycles. The summed E-state index contributed by atoms with van der Waals surface area (Å²) in [4.78, 5) is 14.6. The van der Waals surface area contributed by atoms with Crippen LogP contribution in [0.1, 0.15) is 13.3 Å². The zero-order valence-corrected chi connectivity index (χ0v) is 14.4. The van der Waals surface area contributed by atoms with Gasteiger partial charge in [0.25, 0.3) is 0 Å². The summed E-state index contributed by atoms with van der Waals surface area (Å²) in [7, 11) is -2.48. The summed E-state index contributed by atoms with van der Waals surface area (Å²) in [6.45, 7) is 1.06. The first-order valence-electron chi connectivity index (χ1n) is 7.49. The van der Waals surface area contributed by atoms with Crippen LogP contribution in [0.2, 0.25) is 0 Å². The van der Waals surface area contributed by atoms with E-state index in [1.165, 1.54) is 13.1 Å². The normalized spacial score (nSPS) is 29.7. The molecule has 1 aliphatic heterocycles. The van der Waals surface area contributed by atoms with Gasteiger partial charge in [-0.1, -0.05) is 18.2 Å². The summed E-state index contributed by atoms with van der Waals surface area (Å²) in [5, 5.41) is 20.4. The van der Waals surface area contributed by atoms with Gasteiger partial charge in [-0.05, 0) is 19.1 Å². The number of aliphatic imine (C=N–C) groups is 1. The maximum atomic E-state index is 11.8. The number of nitrogens with zero attached hydrogens (tertiary/aromatic N) is 1.